The van der Waals surface area contributed by atoms with Crippen molar-refractivity contribution in [3.8, 4) is 0 Å². The summed E-state index contributed by atoms with van der Waals surface area (Å²) in [6, 6.07) is 21.0. The maximum atomic E-state index is 13.7. The van der Waals surface area contributed by atoms with Gasteiger partial charge in [-0.15, -0.1) is 0 Å². The normalized spacial score (nSPS) is 14.7. The van der Waals surface area contributed by atoms with E-state index in [0.29, 0.717) is 0 Å². The van der Waals surface area contributed by atoms with E-state index in [1.807, 2.05) is 0 Å². The van der Waals surface area contributed by atoms with Gasteiger partial charge in [-0.3, -0.25) is 0 Å². The number of carbonyl (C=O) groups excluding carboxylic acids is 1. The fourth-order valence-corrected chi connectivity index (χ4v) is 9.52. The Morgan fingerprint density at radius 2 is 1.06 bits per heavy atom. The first kappa shape index (κ1) is 24.7. The molecule has 0 saturated heterocycles. The van der Waals surface area contributed by atoms with Gasteiger partial charge < -0.3 is 0 Å². The molecule has 0 saturated carbocycles. The third kappa shape index (κ3) is 4.48. The second kappa shape index (κ2) is 8.80. The molecule has 0 aliphatic heterocycles. The Labute approximate surface area is 185 Å². The van der Waals surface area contributed by atoms with Crippen LogP contribution in [-0.2, 0) is 9.32 Å². The van der Waals surface area contributed by atoms with Crippen molar-refractivity contribution >= 4 is 28.7 Å². The van der Waals surface area contributed by atoms with E-state index in [-0.39, 0.29) is 15.9 Å². The number of hydrogen-bond donors (Lipinski definition) is 1. The van der Waals surface area contributed by atoms with Gasteiger partial charge >= 0.3 is 185 Å². The van der Waals surface area contributed by atoms with Gasteiger partial charge in [-0.05, 0) is 0 Å². The van der Waals surface area contributed by atoms with Crippen LogP contribution < -0.4 is 15.9 Å². The van der Waals surface area contributed by atoms with E-state index in [1.54, 1.807) is 0 Å². The number of aliphatic hydroxyl groups is 1. The summed E-state index contributed by atoms with van der Waals surface area (Å²) < 4.78 is 86.9. The Morgan fingerprint density at radius 1 is 0.727 bits per heavy atom. The summed E-state index contributed by atoms with van der Waals surface area (Å²) in [7, 11) is 0. The average Bonchev–Trinajstić information content (AvgIpc) is 2.79. The summed E-state index contributed by atoms with van der Waals surface area (Å²) in [5.41, 5.74) is 0. The van der Waals surface area contributed by atoms with Crippen LogP contribution in [-0.4, -0.2) is 35.7 Å². The molecule has 1 N–H and O–H groups in total. The van der Waals surface area contributed by atoms with Crippen molar-refractivity contribution in [1.82, 2.24) is 0 Å². The third-order valence-corrected chi connectivity index (χ3v) is 11.1. The predicted molar refractivity (Wildman–Crippen MR) is 114 cm³/mol. The van der Waals surface area contributed by atoms with Crippen molar-refractivity contribution < 1.29 is 40.8 Å². The van der Waals surface area contributed by atoms with Crippen LogP contribution in [0.5, 0.6) is 0 Å². The van der Waals surface area contributed by atoms with Gasteiger partial charge in [-0.25, -0.2) is 0 Å². The van der Waals surface area contributed by atoms with E-state index in [2.05, 4.69) is 0 Å². The summed E-state index contributed by atoms with van der Waals surface area (Å²) in [6.45, 7) is -5.39. The zero-order valence-electron chi connectivity index (χ0n) is 16.9. The Hall–Kier alpha value is -2.90. The Balaban J connectivity index is 2.55. The first-order chi connectivity index (χ1) is 15.4. The summed E-state index contributed by atoms with van der Waals surface area (Å²) in [5, 5.41) is 10.0. The molecule has 3 nitrogen and oxygen atoms in total. The molecule has 0 fully saturated rings. The van der Waals surface area contributed by atoms with Crippen LogP contribution in [0, 0.1) is 0 Å². The predicted octanol–water partition coefficient (Wildman–Crippen LogP) is 4.46. The van der Waals surface area contributed by atoms with Crippen LogP contribution >= 0.6 is 6.83 Å². The molecule has 0 bridgehead atoms. The van der Waals surface area contributed by atoms with Crippen LogP contribution in [0.15, 0.2) is 91.0 Å². The van der Waals surface area contributed by atoms with E-state index < -0.39 is 37.4 Å². The number of alkyl halides is 6. The second-order valence-corrected chi connectivity index (χ2v) is 11.9. The molecular formula is C23H19F6O3P. The van der Waals surface area contributed by atoms with Gasteiger partial charge in [0, 0.05) is 0 Å². The SMILES string of the molecule is O=C(OP(CC(O)C(F)(F)F)(c1ccccc1)(c1ccccc1)c1ccccc1)C(F)(F)F. The molecule has 0 heterocycles. The molecule has 0 aliphatic carbocycles. The van der Waals surface area contributed by atoms with Gasteiger partial charge in [0.25, 0.3) is 0 Å². The van der Waals surface area contributed by atoms with Crippen molar-refractivity contribution in [1.29, 1.82) is 0 Å². The molecule has 0 amide bonds. The van der Waals surface area contributed by atoms with Gasteiger partial charge in [-0.1, -0.05) is 0 Å². The molecule has 33 heavy (non-hydrogen) atoms. The quantitative estimate of drug-likeness (QED) is 0.412. The molecule has 3 aromatic rings. The van der Waals surface area contributed by atoms with Gasteiger partial charge in [0.2, 0.25) is 0 Å². The molecule has 1 unspecified atom stereocenters. The van der Waals surface area contributed by atoms with E-state index in [0.717, 1.165) is 0 Å². The molecule has 0 radical (unpaired) electrons. The van der Waals surface area contributed by atoms with Crippen LogP contribution in [0.3, 0.4) is 0 Å². The Morgan fingerprint density at radius 3 is 1.33 bits per heavy atom. The minimum absolute atomic E-state index is 0.0678. The average molecular weight is 488 g/mol. The van der Waals surface area contributed by atoms with Gasteiger partial charge in [0.05, 0.1) is 0 Å². The number of aliphatic hydroxyl groups excluding tert-OH is 1. The van der Waals surface area contributed by atoms with Crippen LogP contribution in [0.2, 0.25) is 0 Å². The first-order valence-electron chi connectivity index (χ1n) is 9.65. The van der Waals surface area contributed by atoms with Crippen LogP contribution in [0.1, 0.15) is 0 Å². The number of benzene rings is 3. The molecule has 0 aliphatic rings. The van der Waals surface area contributed by atoms with E-state index in [1.165, 1.54) is 91.0 Å². The Kier molecular flexibility index (Phi) is 6.60. The van der Waals surface area contributed by atoms with E-state index >= 15 is 0 Å². The summed E-state index contributed by atoms with van der Waals surface area (Å²) in [6.07, 6.45) is -15.1. The number of carbonyl (C=O) groups is 1. The molecule has 3 aromatic carbocycles. The molecule has 3 rings (SSSR count). The first-order valence-corrected chi connectivity index (χ1v) is 12.0. The Bertz CT molecular complexity index is 987. The number of hydrogen-bond acceptors (Lipinski definition) is 3. The molecule has 10 heteroatoms. The fourth-order valence-electron chi connectivity index (χ4n) is 3.86. The van der Waals surface area contributed by atoms with Crippen molar-refractivity contribution in [3.05, 3.63) is 91.0 Å². The third-order valence-electron chi connectivity index (χ3n) is 5.32. The molecule has 0 spiro atoms. The summed E-state index contributed by atoms with van der Waals surface area (Å²) in [5.74, 6) is -2.65. The van der Waals surface area contributed by atoms with Crippen molar-refractivity contribution in [3.63, 3.8) is 0 Å². The van der Waals surface area contributed by atoms with Crippen molar-refractivity contribution in [2.45, 2.75) is 18.5 Å². The van der Waals surface area contributed by atoms with Crippen LogP contribution in [0.25, 0.3) is 0 Å². The number of halogens is 6. The monoisotopic (exact) mass is 488 g/mol. The van der Waals surface area contributed by atoms with E-state index in [4.69, 9.17) is 4.52 Å². The second-order valence-electron chi connectivity index (χ2n) is 7.34. The molecule has 176 valence electrons. The fraction of sp³-hybridized carbons (Fsp3) is 0.174. The van der Waals surface area contributed by atoms with Crippen molar-refractivity contribution in [2.75, 3.05) is 6.16 Å². The van der Waals surface area contributed by atoms with Crippen molar-refractivity contribution in [2.24, 2.45) is 0 Å². The zero-order chi connectivity index (χ0) is 24.4. The minimum atomic E-state index is -5.50. The van der Waals surface area contributed by atoms with Gasteiger partial charge in [-0.2, -0.15) is 0 Å². The number of rotatable bonds is 6. The van der Waals surface area contributed by atoms with Crippen LogP contribution in [0.4, 0.5) is 26.3 Å². The maximum absolute atomic E-state index is 13.7. The zero-order valence-corrected chi connectivity index (χ0v) is 17.8. The molecule has 0 aromatic heterocycles. The topological polar surface area (TPSA) is 46.5 Å². The van der Waals surface area contributed by atoms with Gasteiger partial charge in [0.15, 0.2) is 0 Å². The van der Waals surface area contributed by atoms with Gasteiger partial charge in [0.1, 0.15) is 0 Å². The standard InChI is InChI=1S/C23H19F6O3P/c24-22(25,26)20(30)16-33(17-10-4-1-5-11-17,18-12-6-2-7-13-18,19-14-8-3-9-15-19)32-21(31)23(27,28)29/h1-15,20,30H,16H2. The summed E-state index contributed by atoms with van der Waals surface area (Å²) >= 11 is 0. The molecule has 1 atom stereocenters. The summed E-state index contributed by atoms with van der Waals surface area (Å²) in [4.78, 5) is 12.4. The van der Waals surface area contributed by atoms with E-state index in [9.17, 15) is 36.2 Å². The molecular weight excluding hydrogens is 469 g/mol.